The van der Waals surface area contributed by atoms with Crippen molar-refractivity contribution >= 4 is 15.9 Å². The van der Waals surface area contributed by atoms with Crippen molar-refractivity contribution in [2.75, 3.05) is 13.1 Å². The number of amides is 1. The van der Waals surface area contributed by atoms with E-state index in [9.17, 15) is 13.2 Å². The van der Waals surface area contributed by atoms with Crippen LogP contribution in [0.15, 0.2) is 47.4 Å². The monoisotopic (exact) mass is 398 g/mol. The molecule has 5 nitrogen and oxygen atoms in total. The molecule has 6 heteroatoms. The Morgan fingerprint density at radius 3 is 2.36 bits per heavy atom. The fourth-order valence-corrected chi connectivity index (χ4v) is 5.87. The number of hydrogen-bond acceptors (Lipinski definition) is 3. The van der Waals surface area contributed by atoms with Gasteiger partial charge in [0.1, 0.15) is 0 Å². The van der Waals surface area contributed by atoms with E-state index in [1.807, 2.05) is 24.3 Å². The van der Waals surface area contributed by atoms with Gasteiger partial charge in [-0.3, -0.25) is 4.79 Å². The molecule has 28 heavy (non-hydrogen) atoms. The highest BCUT2D eigenvalue weighted by molar-refractivity contribution is 7.89. The third-order valence-corrected chi connectivity index (χ3v) is 7.94. The van der Waals surface area contributed by atoms with Crippen LogP contribution in [0.5, 0.6) is 0 Å². The standard InChI is InChI=1S/C22H26N2O3S/c23-22(25)19-6-4-16(5-7-19)14-17-10-12-24(13-11-17)28(26,27)21-9-8-18-2-1-3-20(18)15-21/h4-9,15,17H,1-3,10-14H2,(H2,23,25). The molecule has 0 radical (unpaired) electrons. The average Bonchev–Trinajstić information content (AvgIpc) is 3.17. The van der Waals surface area contributed by atoms with Crippen molar-refractivity contribution in [1.29, 1.82) is 0 Å². The number of sulfonamides is 1. The van der Waals surface area contributed by atoms with Crippen molar-refractivity contribution in [3.05, 3.63) is 64.7 Å². The number of hydrogen-bond donors (Lipinski definition) is 1. The van der Waals surface area contributed by atoms with Crippen molar-refractivity contribution in [3.8, 4) is 0 Å². The maximum atomic E-state index is 13.0. The van der Waals surface area contributed by atoms with E-state index in [4.69, 9.17) is 5.73 Å². The number of piperidine rings is 1. The third kappa shape index (κ3) is 3.84. The summed E-state index contributed by atoms with van der Waals surface area (Å²) in [5.74, 6) is 0.0301. The van der Waals surface area contributed by atoms with Gasteiger partial charge in [-0.05, 0) is 85.4 Å². The summed E-state index contributed by atoms with van der Waals surface area (Å²) in [5.41, 5.74) is 9.43. The molecule has 1 amide bonds. The van der Waals surface area contributed by atoms with Gasteiger partial charge in [-0.2, -0.15) is 4.31 Å². The van der Waals surface area contributed by atoms with Crippen LogP contribution in [-0.4, -0.2) is 31.7 Å². The number of rotatable bonds is 5. The van der Waals surface area contributed by atoms with Crippen LogP contribution in [-0.2, 0) is 29.3 Å². The Labute approximate surface area is 166 Å². The van der Waals surface area contributed by atoms with Gasteiger partial charge < -0.3 is 5.73 Å². The van der Waals surface area contributed by atoms with Crippen LogP contribution >= 0.6 is 0 Å². The summed E-state index contributed by atoms with van der Waals surface area (Å²) in [6.07, 6.45) is 5.75. The molecule has 1 saturated heterocycles. The molecule has 1 heterocycles. The summed E-state index contributed by atoms with van der Waals surface area (Å²) >= 11 is 0. The van der Waals surface area contributed by atoms with Crippen molar-refractivity contribution in [2.24, 2.45) is 11.7 Å². The zero-order valence-corrected chi connectivity index (χ0v) is 16.7. The lowest BCUT2D eigenvalue weighted by atomic mass is 9.91. The number of benzene rings is 2. The Morgan fingerprint density at radius 1 is 1.00 bits per heavy atom. The zero-order chi connectivity index (χ0) is 19.7. The molecule has 0 saturated carbocycles. The molecule has 0 aromatic heterocycles. The highest BCUT2D eigenvalue weighted by Crippen LogP contribution is 2.29. The molecule has 148 valence electrons. The lowest BCUT2D eigenvalue weighted by molar-refractivity contribution is 0.100. The Bertz CT molecular complexity index is 975. The van der Waals surface area contributed by atoms with Crippen LogP contribution in [0.25, 0.3) is 0 Å². The van der Waals surface area contributed by atoms with Gasteiger partial charge in [0.25, 0.3) is 0 Å². The number of primary amides is 1. The molecule has 2 aromatic carbocycles. The van der Waals surface area contributed by atoms with Crippen LogP contribution in [0, 0.1) is 5.92 Å². The van der Waals surface area contributed by atoms with Crippen LogP contribution < -0.4 is 5.73 Å². The van der Waals surface area contributed by atoms with Crippen LogP contribution in [0.3, 0.4) is 0 Å². The molecule has 2 aromatic rings. The molecule has 1 aliphatic carbocycles. The van der Waals surface area contributed by atoms with E-state index < -0.39 is 15.9 Å². The van der Waals surface area contributed by atoms with Gasteiger partial charge in [-0.25, -0.2) is 8.42 Å². The predicted octanol–water partition coefficient (Wildman–Crippen LogP) is 2.92. The SMILES string of the molecule is NC(=O)c1ccc(CC2CCN(S(=O)(=O)c3ccc4c(c3)CCC4)CC2)cc1. The maximum absolute atomic E-state index is 13.0. The normalized spacial score (nSPS) is 18.1. The van der Waals surface area contributed by atoms with Crippen LogP contribution in [0.4, 0.5) is 0 Å². The third-order valence-electron chi connectivity index (χ3n) is 6.04. The lowest BCUT2D eigenvalue weighted by Gasteiger charge is -2.31. The van der Waals surface area contributed by atoms with E-state index in [0.29, 0.717) is 29.5 Å². The van der Waals surface area contributed by atoms with Gasteiger partial charge in [-0.1, -0.05) is 18.2 Å². The minimum atomic E-state index is -3.41. The van der Waals surface area contributed by atoms with Gasteiger partial charge in [0.2, 0.25) is 15.9 Å². The number of nitrogens with two attached hydrogens (primary N) is 1. The minimum absolute atomic E-state index is 0.420. The molecule has 2 aliphatic rings. The van der Waals surface area contributed by atoms with Crippen molar-refractivity contribution in [2.45, 2.75) is 43.4 Å². The van der Waals surface area contributed by atoms with Gasteiger partial charge in [0, 0.05) is 18.7 Å². The second-order valence-electron chi connectivity index (χ2n) is 7.90. The van der Waals surface area contributed by atoms with E-state index in [1.54, 1.807) is 22.5 Å². The molecule has 0 atom stereocenters. The molecule has 0 unspecified atom stereocenters. The first-order valence-corrected chi connectivity index (χ1v) is 11.4. The molecule has 0 spiro atoms. The zero-order valence-electron chi connectivity index (χ0n) is 15.9. The second kappa shape index (κ2) is 7.68. The Morgan fingerprint density at radius 2 is 1.68 bits per heavy atom. The highest BCUT2D eigenvalue weighted by atomic mass is 32.2. The molecule has 1 aliphatic heterocycles. The topological polar surface area (TPSA) is 80.5 Å². The fraction of sp³-hybridized carbons (Fsp3) is 0.409. The van der Waals surface area contributed by atoms with Crippen molar-refractivity contribution < 1.29 is 13.2 Å². The molecule has 2 N–H and O–H groups in total. The smallest absolute Gasteiger partial charge is 0.248 e. The summed E-state index contributed by atoms with van der Waals surface area (Å²) < 4.78 is 27.7. The summed E-state index contributed by atoms with van der Waals surface area (Å²) in [7, 11) is -3.41. The largest absolute Gasteiger partial charge is 0.366 e. The molecule has 4 rings (SSSR count). The van der Waals surface area contributed by atoms with E-state index in [0.717, 1.165) is 44.1 Å². The van der Waals surface area contributed by atoms with Crippen molar-refractivity contribution in [1.82, 2.24) is 4.31 Å². The summed E-state index contributed by atoms with van der Waals surface area (Å²) in [4.78, 5) is 11.6. The van der Waals surface area contributed by atoms with Gasteiger partial charge in [0.05, 0.1) is 4.90 Å². The van der Waals surface area contributed by atoms with E-state index in [1.165, 1.54) is 11.1 Å². The number of carbonyl (C=O) groups is 1. The number of fused-ring (bicyclic) bond motifs is 1. The molecular weight excluding hydrogens is 372 g/mol. The first kappa shape index (κ1) is 19.2. The lowest BCUT2D eigenvalue weighted by Crippen LogP contribution is -2.38. The van der Waals surface area contributed by atoms with Gasteiger partial charge in [0.15, 0.2) is 0 Å². The quantitative estimate of drug-likeness (QED) is 0.841. The Kier molecular flexibility index (Phi) is 5.25. The van der Waals surface area contributed by atoms with E-state index in [-0.39, 0.29) is 0 Å². The number of nitrogens with zero attached hydrogens (tertiary/aromatic N) is 1. The van der Waals surface area contributed by atoms with Gasteiger partial charge in [-0.15, -0.1) is 0 Å². The van der Waals surface area contributed by atoms with Crippen LogP contribution in [0.1, 0.15) is 46.3 Å². The Balaban J connectivity index is 1.38. The molecule has 0 bridgehead atoms. The summed E-state index contributed by atoms with van der Waals surface area (Å²) in [5, 5.41) is 0. The first-order valence-electron chi connectivity index (χ1n) is 9.94. The number of aryl methyl sites for hydroxylation is 2. The molecular formula is C22H26N2O3S. The minimum Gasteiger partial charge on any atom is -0.366 e. The second-order valence-corrected chi connectivity index (χ2v) is 9.83. The fourth-order valence-electron chi connectivity index (χ4n) is 4.35. The maximum Gasteiger partial charge on any atom is 0.248 e. The van der Waals surface area contributed by atoms with Crippen LogP contribution in [0.2, 0.25) is 0 Å². The predicted molar refractivity (Wildman–Crippen MR) is 109 cm³/mol. The van der Waals surface area contributed by atoms with Crippen molar-refractivity contribution in [3.63, 3.8) is 0 Å². The summed E-state index contributed by atoms with van der Waals surface area (Å²) in [6.45, 7) is 1.12. The van der Waals surface area contributed by atoms with E-state index in [2.05, 4.69) is 0 Å². The first-order chi connectivity index (χ1) is 13.4. The number of carbonyl (C=O) groups excluding carboxylic acids is 1. The highest BCUT2D eigenvalue weighted by Gasteiger charge is 2.30. The Hall–Kier alpha value is -2.18. The van der Waals surface area contributed by atoms with E-state index >= 15 is 0 Å². The molecule has 1 fully saturated rings. The average molecular weight is 399 g/mol. The van der Waals surface area contributed by atoms with Gasteiger partial charge >= 0.3 is 0 Å². The summed E-state index contributed by atoms with van der Waals surface area (Å²) in [6, 6.07) is 13.0.